The number of aromatic nitrogens is 2. The average molecular weight is 258 g/mol. The highest BCUT2D eigenvalue weighted by Gasteiger charge is 2.09. The van der Waals surface area contributed by atoms with E-state index in [9.17, 15) is 9.50 Å². The quantitative estimate of drug-likeness (QED) is 0.676. The van der Waals surface area contributed by atoms with Crippen LogP contribution in [0.1, 0.15) is 6.92 Å². The Morgan fingerprint density at radius 3 is 2.84 bits per heavy atom. The fraction of sp³-hybridized carbons (Fsp3) is 0.143. The summed E-state index contributed by atoms with van der Waals surface area (Å²) in [7, 11) is 0. The first kappa shape index (κ1) is 13.0. The largest absolute Gasteiger partial charge is 0.436 e. The van der Waals surface area contributed by atoms with Crippen molar-refractivity contribution in [1.82, 2.24) is 9.97 Å². The van der Waals surface area contributed by atoms with Gasteiger partial charge in [0.25, 0.3) is 6.29 Å². The monoisotopic (exact) mass is 258 g/mol. The number of rotatable bonds is 3. The van der Waals surface area contributed by atoms with Gasteiger partial charge in [0, 0.05) is 11.6 Å². The molecule has 1 aromatic carbocycles. The van der Waals surface area contributed by atoms with Gasteiger partial charge in [-0.05, 0) is 25.0 Å². The molecule has 0 radical (unpaired) electrons. The zero-order chi connectivity index (χ0) is 13.7. The number of benzene rings is 1. The Morgan fingerprint density at radius 1 is 1.32 bits per heavy atom. The van der Waals surface area contributed by atoms with E-state index in [0.717, 1.165) is 0 Å². The number of aliphatic hydroxyl groups excluding tert-OH is 1. The number of ether oxygens (including phenoxy) is 1. The molecule has 19 heavy (non-hydrogen) atoms. The van der Waals surface area contributed by atoms with Crippen molar-refractivity contribution in [2.45, 2.75) is 13.2 Å². The number of aliphatic hydroxyl groups is 1. The molecule has 0 spiro atoms. The van der Waals surface area contributed by atoms with Crippen LogP contribution in [0.15, 0.2) is 36.7 Å². The summed E-state index contributed by atoms with van der Waals surface area (Å²) in [6.45, 7) is 1.58. The Hall–Kier alpha value is -2.45. The summed E-state index contributed by atoms with van der Waals surface area (Å²) >= 11 is 0. The molecule has 2 rings (SSSR count). The van der Waals surface area contributed by atoms with Crippen LogP contribution >= 0.6 is 0 Å². The van der Waals surface area contributed by atoms with E-state index in [4.69, 9.17) is 4.74 Å². The van der Waals surface area contributed by atoms with Crippen molar-refractivity contribution in [3.8, 4) is 29.0 Å². The van der Waals surface area contributed by atoms with Gasteiger partial charge >= 0.3 is 0 Å². The Morgan fingerprint density at radius 2 is 2.11 bits per heavy atom. The Kier molecular flexibility index (Phi) is 4.06. The molecular weight excluding hydrogens is 247 g/mol. The summed E-state index contributed by atoms with van der Waals surface area (Å²) in [4.78, 5) is 7.81. The second kappa shape index (κ2) is 5.94. The lowest BCUT2D eigenvalue weighted by Crippen LogP contribution is -2.13. The lowest BCUT2D eigenvalue weighted by Gasteiger charge is -2.08. The number of hydrogen-bond donors (Lipinski definition) is 1. The highest BCUT2D eigenvalue weighted by molar-refractivity contribution is 5.60. The smallest absolute Gasteiger partial charge is 0.264 e. The normalized spacial score (nSPS) is 11.3. The van der Waals surface area contributed by atoms with Gasteiger partial charge < -0.3 is 9.84 Å². The molecule has 1 heterocycles. The van der Waals surface area contributed by atoms with Crippen LogP contribution in [0.3, 0.4) is 0 Å². The van der Waals surface area contributed by atoms with Crippen molar-refractivity contribution in [1.29, 1.82) is 0 Å². The summed E-state index contributed by atoms with van der Waals surface area (Å²) in [6.07, 6.45) is -0.0307. The van der Waals surface area contributed by atoms with E-state index in [1.807, 2.05) is 0 Å². The molecule has 2 aromatic rings. The molecule has 1 unspecified atom stereocenters. The van der Waals surface area contributed by atoms with Gasteiger partial charge in [-0.15, -0.1) is 5.92 Å². The highest BCUT2D eigenvalue weighted by atomic mass is 19.1. The third kappa shape index (κ3) is 3.27. The zero-order valence-electron chi connectivity index (χ0n) is 10.2. The van der Waals surface area contributed by atoms with Gasteiger partial charge in [-0.25, -0.2) is 14.4 Å². The molecule has 96 valence electrons. The van der Waals surface area contributed by atoms with Crippen molar-refractivity contribution < 1.29 is 14.2 Å². The first-order chi connectivity index (χ1) is 9.20. The molecule has 5 heteroatoms. The van der Waals surface area contributed by atoms with Gasteiger partial charge in [0.05, 0.1) is 5.69 Å². The minimum absolute atomic E-state index is 0.128. The zero-order valence-corrected chi connectivity index (χ0v) is 10.2. The van der Waals surface area contributed by atoms with Crippen molar-refractivity contribution in [3.63, 3.8) is 0 Å². The molecule has 1 N–H and O–H groups in total. The fourth-order valence-electron chi connectivity index (χ4n) is 1.49. The van der Waals surface area contributed by atoms with Crippen molar-refractivity contribution in [3.05, 3.63) is 42.5 Å². The topological polar surface area (TPSA) is 55.2 Å². The molecule has 4 nitrogen and oxygen atoms in total. The van der Waals surface area contributed by atoms with Gasteiger partial charge in [-0.3, -0.25) is 0 Å². The Balaban J connectivity index is 2.29. The summed E-state index contributed by atoms with van der Waals surface area (Å²) < 4.78 is 18.7. The minimum atomic E-state index is -1.27. The van der Waals surface area contributed by atoms with Crippen molar-refractivity contribution in [2.24, 2.45) is 0 Å². The highest BCUT2D eigenvalue weighted by Crippen LogP contribution is 2.22. The SMILES string of the molecule is CC#CC(O)Oc1cc(-c2ccccc2F)ncn1. The van der Waals surface area contributed by atoms with Crippen LogP contribution in [0.2, 0.25) is 0 Å². The summed E-state index contributed by atoms with van der Waals surface area (Å²) in [5.74, 6) is 4.67. The first-order valence-corrected chi connectivity index (χ1v) is 5.54. The minimum Gasteiger partial charge on any atom is -0.436 e. The lowest BCUT2D eigenvalue weighted by molar-refractivity contribution is 0.0293. The molecule has 0 saturated carbocycles. The molecule has 1 atom stereocenters. The standard InChI is InChI=1S/C14H11FN2O2/c1-2-5-14(18)19-13-8-12(16-9-17-13)10-6-3-4-7-11(10)15/h3-4,6-9,14,18H,1H3. The van der Waals surface area contributed by atoms with Crippen LogP contribution in [0, 0.1) is 17.7 Å². The predicted molar refractivity (Wildman–Crippen MR) is 67.5 cm³/mol. The Labute approximate surface area is 109 Å². The molecule has 0 aliphatic rings. The van der Waals surface area contributed by atoms with Crippen LogP contribution in [-0.4, -0.2) is 21.4 Å². The first-order valence-electron chi connectivity index (χ1n) is 5.54. The predicted octanol–water partition coefficient (Wildman–Crippen LogP) is 2.00. The maximum absolute atomic E-state index is 13.6. The van der Waals surface area contributed by atoms with Crippen LogP contribution < -0.4 is 4.74 Å². The van der Waals surface area contributed by atoms with E-state index < -0.39 is 6.29 Å². The molecule has 0 bridgehead atoms. The molecule has 0 saturated heterocycles. The number of nitrogens with zero attached hydrogens (tertiary/aromatic N) is 2. The molecule has 0 aliphatic carbocycles. The van der Waals surface area contributed by atoms with E-state index >= 15 is 0 Å². The second-order valence-corrected chi connectivity index (χ2v) is 3.59. The van der Waals surface area contributed by atoms with Crippen molar-refractivity contribution >= 4 is 0 Å². The molecule has 0 fully saturated rings. The summed E-state index contributed by atoms with van der Waals surface area (Å²) in [6, 6.07) is 7.69. The molecular formula is C14H11FN2O2. The molecule has 0 aliphatic heterocycles. The second-order valence-electron chi connectivity index (χ2n) is 3.59. The maximum Gasteiger partial charge on any atom is 0.264 e. The van der Waals surface area contributed by atoms with E-state index in [1.165, 1.54) is 18.5 Å². The third-order valence-electron chi connectivity index (χ3n) is 2.29. The van der Waals surface area contributed by atoms with E-state index in [2.05, 4.69) is 21.8 Å². The third-order valence-corrected chi connectivity index (χ3v) is 2.29. The Bertz CT molecular complexity index is 635. The molecule has 0 amide bonds. The van der Waals surface area contributed by atoms with Gasteiger partial charge in [-0.2, -0.15) is 0 Å². The van der Waals surface area contributed by atoms with Crippen molar-refractivity contribution in [2.75, 3.05) is 0 Å². The van der Waals surface area contributed by atoms with E-state index in [-0.39, 0.29) is 11.7 Å². The van der Waals surface area contributed by atoms with Crippen LogP contribution in [0.5, 0.6) is 5.88 Å². The summed E-state index contributed by atoms with van der Waals surface area (Å²) in [5.41, 5.74) is 0.713. The van der Waals surface area contributed by atoms with Crippen LogP contribution in [0.25, 0.3) is 11.3 Å². The van der Waals surface area contributed by atoms with E-state index in [0.29, 0.717) is 11.3 Å². The van der Waals surface area contributed by atoms with Gasteiger partial charge in [0.2, 0.25) is 5.88 Å². The summed E-state index contributed by atoms with van der Waals surface area (Å²) in [5, 5.41) is 9.39. The van der Waals surface area contributed by atoms with Crippen LogP contribution in [-0.2, 0) is 0 Å². The number of hydrogen-bond acceptors (Lipinski definition) is 4. The maximum atomic E-state index is 13.6. The van der Waals surface area contributed by atoms with Crippen LogP contribution in [0.4, 0.5) is 4.39 Å². The van der Waals surface area contributed by atoms with Gasteiger partial charge in [0.15, 0.2) is 0 Å². The van der Waals surface area contributed by atoms with Gasteiger partial charge in [-0.1, -0.05) is 12.1 Å². The fourth-order valence-corrected chi connectivity index (χ4v) is 1.49. The number of halogens is 1. The van der Waals surface area contributed by atoms with Gasteiger partial charge in [0.1, 0.15) is 12.1 Å². The lowest BCUT2D eigenvalue weighted by atomic mass is 10.1. The average Bonchev–Trinajstić information content (AvgIpc) is 2.40. The van der Waals surface area contributed by atoms with E-state index in [1.54, 1.807) is 25.1 Å². The molecule has 1 aromatic heterocycles.